The fourth-order valence-corrected chi connectivity index (χ4v) is 2.94. The molecular weight excluding hydrogens is 318 g/mol. The third kappa shape index (κ3) is 2.89. The van der Waals surface area contributed by atoms with E-state index in [2.05, 4.69) is 0 Å². The van der Waals surface area contributed by atoms with Crippen LogP contribution in [0.5, 0.6) is 5.75 Å². The molecule has 0 atom stereocenters. The van der Waals surface area contributed by atoms with Gasteiger partial charge in [-0.1, -0.05) is 30.3 Å². The lowest BCUT2D eigenvalue weighted by molar-refractivity contribution is -0.122. The Morgan fingerprint density at radius 3 is 2.44 bits per heavy atom. The average Bonchev–Trinajstić information content (AvgIpc) is 2.91. The summed E-state index contributed by atoms with van der Waals surface area (Å²) in [7, 11) is 1.54. The van der Waals surface area contributed by atoms with Crippen molar-refractivity contribution in [1.29, 1.82) is 0 Å². The summed E-state index contributed by atoms with van der Waals surface area (Å²) in [6.45, 7) is 3.64. The van der Waals surface area contributed by atoms with Gasteiger partial charge in [0, 0.05) is 24.1 Å². The number of nitrogens with zero attached hydrogens (tertiary/aromatic N) is 1. The fraction of sp³-hybridized carbons (Fsp3) is 0.200. The van der Waals surface area contributed by atoms with Crippen LogP contribution in [0.3, 0.4) is 0 Å². The van der Waals surface area contributed by atoms with Crippen LogP contribution in [-0.2, 0) is 14.3 Å². The van der Waals surface area contributed by atoms with Crippen molar-refractivity contribution in [1.82, 2.24) is 0 Å². The number of imide groups is 1. The Hall–Kier alpha value is -3.08. The first-order chi connectivity index (χ1) is 12.1. The minimum atomic E-state index is -0.386. The van der Waals surface area contributed by atoms with Gasteiger partial charge in [-0.3, -0.25) is 9.59 Å². The molecule has 128 valence electrons. The molecule has 3 rings (SSSR count). The smallest absolute Gasteiger partial charge is 0.269 e. The maximum atomic E-state index is 13.0. The molecule has 5 nitrogen and oxygen atoms in total. The summed E-state index contributed by atoms with van der Waals surface area (Å²) in [5.41, 5.74) is 2.36. The molecule has 1 aliphatic heterocycles. The number of rotatable bonds is 4. The van der Waals surface area contributed by atoms with Gasteiger partial charge in [-0.15, -0.1) is 0 Å². The van der Waals surface area contributed by atoms with Crippen molar-refractivity contribution in [2.75, 3.05) is 18.6 Å². The maximum Gasteiger partial charge on any atom is 0.269 e. The van der Waals surface area contributed by atoms with Gasteiger partial charge < -0.3 is 9.47 Å². The lowest BCUT2D eigenvalue weighted by Gasteiger charge is -2.13. The minimum Gasteiger partial charge on any atom is -0.497 e. The molecule has 0 aliphatic carbocycles. The third-order valence-corrected chi connectivity index (χ3v) is 4.00. The van der Waals surface area contributed by atoms with Gasteiger partial charge in [-0.25, -0.2) is 4.90 Å². The van der Waals surface area contributed by atoms with Gasteiger partial charge in [0.15, 0.2) is 0 Å². The zero-order valence-corrected chi connectivity index (χ0v) is 14.4. The summed E-state index contributed by atoms with van der Waals surface area (Å²) in [5.74, 6) is 0.321. The van der Waals surface area contributed by atoms with Gasteiger partial charge >= 0.3 is 0 Å². The van der Waals surface area contributed by atoms with E-state index in [1.54, 1.807) is 25.3 Å². The normalized spacial score (nSPS) is 15.0. The lowest BCUT2D eigenvalue weighted by atomic mass is 10.0. The van der Waals surface area contributed by atoms with Gasteiger partial charge in [0.05, 0.1) is 25.0 Å². The lowest BCUT2D eigenvalue weighted by Crippen LogP contribution is -2.31. The Bertz CT molecular complexity index is 855. The van der Waals surface area contributed by atoms with Crippen LogP contribution in [0.15, 0.2) is 48.5 Å². The molecule has 0 aromatic heterocycles. The molecule has 1 aliphatic rings. The number of amides is 2. The number of hydrogen-bond acceptors (Lipinski definition) is 4. The monoisotopic (exact) mass is 337 g/mol. The van der Waals surface area contributed by atoms with Crippen molar-refractivity contribution < 1.29 is 19.1 Å². The molecule has 2 aromatic rings. The number of anilines is 1. The maximum absolute atomic E-state index is 13.0. The van der Waals surface area contributed by atoms with Crippen LogP contribution in [-0.4, -0.2) is 25.5 Å². The van der Waals surface area contributed by atoms with Crippen LogP contribution < -0.4 is 9.64 Å². The van der Waals surface area contributed by atoms with Crippen molar-refractivity contribution in [2.24, 2.45) is 0 Å². The molecule has 0 N–H and O–H groups in total. The molecule has 25 heavy (non-hydrogen) atoms. The molecule has 0 bridgehead atoms. The summed E-state index contributed by atoms with van der Waals surface area (Å²) in [6, 6.07) is 14.7. The van der Waals surface area contributed by atoms with E-state index in [-0.39, 0.29) is 11.8 Å². The van der Waals surface area contributed by atoms with Gasteiger partial charge in [0.2, 0.25) is 5.91 Å². The highest BCUT2D eigenvalue weighted by Gasteiger charge is 2.38. The van der Waals surface area contributed by atoms with Crippen LogP contribution in [0.25, 0.3) is 11.3 Å². The third-order valence-electron chi connectivity index (χ3n) is 4.00. The molecule has 0 unspecified atom stereocenters. The summed E-state index contributed by atoms with van der Waals surface area (Å²) in [6.07, 6.45) is 0. The second-order valence-corrected chi connectivity index (χ2v) is 5.55. The summed E-state index contributed by atoms with van der Waals surface area (Å²) in [5, 5.41) is 0. The molecular formula is C20H19NO4. The first kappa shape index (κ1) is 16.8. The Morgan fingerprint density at radius 1 is 1.12 bits per heavy atom. The Labute approximate surface area is 146 Å². The number of hydrogen-bond donors (Lipinski definition) is 0. The molecule has 0 fully saturated rings. The molecule has 2 amide bonds. The summed E-state index contributed by atoms with van der Waals surface area (Å²) < 4.78 is 11.0. The average molecular weight is 337 g/mol. The molecule has 0 saturated heterocycles. The van der Waals surface area contributed by atoms with E-state index in [1.165, 1.54) is 6.92 Å². The quantitative estimate of drug-likeness (QED) is 0.633. The highest BCUT2D eigenvalue weighted by atomic mass is 16.5. The zero-order valence-electron chi connectivity index (χ0n) is 14.4. The van der Waals surface area contributed by atoms with Crippen LogP contribution in [0.2, 0.25) is 0 Å². The van der Waals surface area contributed by atoms with Crippen molar-refractivity contribution >= 4 is 28.8 Å². The number of ether oxygens (including phenoxy) is 2. The zero-order chi connectivity index (χ0) is 18.0. The van der Waals surface area contributed by atoms with Crippen molar-refractivity contribution in [3.8, 4) is 5.75 Å². The second-order valence-electron chi connectivity index (χ2n) is 5.55. The van der Waals surface area contributed by atoms with E-state index in [1.807, 2.05) is 37.3 Å². The van der Waals surface area contributed by atoms with Crippen molar-refractivity contribution in [3.05, 3.63) is 59.7 Å². The van der Waals surface area contributed by atoms with E-state index in [0.29, 0.717) is 34.9 Å². The van der Waals surface area contributed by atoms with Gasteiger partial charge in [-0.2, -0.15) is 0 Å². The van der Waals surface area contributed by atoms with E-state index >= 15 is 0 Å². The first-order valence-electron chi connectivity index (χ1n) is 8.04. The molecule has 0 spiro atoms. The predicted molar refractivity (Wildman–Crippen MR) is 96.0 cm³/mol. The van der Waals surface area contributed by atoms with Gasteiger partial charge in [0.1, 0.15) is 11.5 Å². The van der Waals surface area contributed by atoms with E-state index in [9.17, 15) is 9.59 Å². The predicted octanol–water partition coefficient (Wildman–Crippen LogP) is 3.49. The van der Waals surface area contributed by atoms with E-state index < -0.39 is 0 Å². The molecule has 5 heteroatoms. The second kappa shape index (κ2) is 6.81. The Balaban J connectivity index is 2.28. The topological polar surface area (TPSA) is 55.8 Å². The van der Waals surface area contributed by atoms with Crippen LogP contribution in [0.4, 0.5) is 5.69 Å². The Morgan fingerprint density at radius 2 is 1.84 bits per heavy atom. The molecule has 0 saturated carbocycles. The number of benzene rings is 2. The molecule has 0 radical (unpaired) electrons. The van der Waals surface area contributed by atoms with E-state index in [4.69, 9.17) is 9.47 Å². The molecule has 2 aromatic carbocycles. The van der Waals surface area contributed by atoms with Crippen LogP contribution in [0, 0.1) is 0 Å². The first-order valence-corrected chi connectivity index (χ1v) is 8.04. The summed E-state index contributed by atoms with van der Waals surface area (Å²) >= 11 is 0. The fourth-order valence-electron chi connectivity index (χ4n) is 2.94. The highest BCUT2D eigenvalue weighted by Crippen LogP contribution is 2.42. The van der Waals surface area contributed by atoms with Gasteiger partial charge in [-0.05, 0) is 19.1 Å². The Kier molecular flexibility index (Phi) is 4.57. The number of fused-ring (bicyclic) bond motifs is 1. The number of carbonyl (C=O) groups is 2. The largest absolute Gasteiger partial charge is 0.497 e. The van der Waals surface area contributed by atoms with Crippen molar-refractivity contribution in [2.45, 2.75) is 13.8 Å². The number of carbonyl (C=O) groups excluding carboxylic acids is 2. The summed E-state index contributed by atoms with van der Waals surface area (Å²) in [4.78, 5) is 26.3. The minimum absolute atomic E-state index is 0.349. The van der Waals surface area contributed by atoms with Crippen molar-refractivity contribution in [3.63, 3.8) is 0 Å². The highest BCUT2D eigenvalue weighted by molar-refractivity contribution is 6.42. The van der Waals surface area contributed by atoms with Crippen LogP contribution in [0.1, 0.15) is 25.0 Å². The molecule has 1 heterocycles. The van der Waals surface area contributed by atoms with E-state index in [0.717, 1.165) is 10.5 Å². The standard InChI is InChI=1S/C20H19NO4/c1-4-25-19(14-8-6-5-7-9-14)18-16-11-10-15(24-3)12-17(16)21(13(2)22)20(18)23/h5-12H,4H2,1-3H3/b19-18+. The van der Waals surface area contributed by atoms with Crippen LogP contribution >= 0.6 is 0 Å². The van der Waals surface area contributed by atoms with Gasteiger partial charge in [0.25, 0.3) is 5.91 Å². The number of methoxy groups -OCH3 is 1. The SMILES string of the molecule is CCO/C(=C1/C(=O)N(C(C)=O)c2cc(OC)ccc21)c1ccccc1.